The van der Waals surface area contributed by atoms with Crippen LogP contribution in [0.25, 0.3) is 11.3 Å². The predicted molar refractivity (Wildman–Crippen MR) is 53.6 cm³/mol. The molecule has 0 saturated heterocycles. The van der Waals surface area contributed by atoms with Gasteiger partial charge in [-0.3, -0.25) is 0 Å². The van der Waals surface area contributed by atoms with E-state index < -0.39 is 0 Å². The zero-order valence-corrected chi connectivity index (χ0v) is 7.99. The summed E-state index contributed by atoms with van der Waals surface area (Å²) >= 11 is 4.64. The lowest BCUT2D eigenvalue weighted by Gasteiger charge is -1.90. The molecule has 1 aromatic carbocycles. The van der Waals surface area contributed by atoms with Crippen molar-refractivity contribution in [3.63, 3.8) is 0 Å². The maximum Gasteiger partial charge on any atom is 0.112 e. The van der Waals surface area contributed by atoms with Gasteiger partial charge in [-0.2, -0.15) is 15.4 Å². The molecule has 13 heavy (non-hydrogen) atoms. The second kappa shape index (κ2) is 5.32. The van der Waals surface area contributed by atoms with Crippen molar-refractivity contribution in [3.05, 3.63) is 36.5 Å². The van der Waals surface area contributed by atoms with Crippen LogP contribution in [0, 0.1) is 0 Å². The lowest BCUT2D eigenvalue weighted by molar-refractivity contribution is 0.942. The Bertz CT molecular complexity index is 318. The molecule has 0 aliphatic carbocycles. The van der Waals surface area contributed by atoms with E-state index in [0.717, 1.165) is 11.3 Å². The summed E-state index contributed by atoms with van der Waals surface area (Å²) in [7, 11) is 0. The number of nitrogens with zero attached hydrogens (tertiary/aromatic N) is 2. The average molecular weight is 196 g/mol. The maximum atomic E-state index is 4.64. The molecule has 1 N–H and O–H groups in total. The number of H-pyrrole nitrogens is 1. The maximum absolute atomic E-state index is 4.64. The molecule has 0 aliphatic rings. The summed E-state index contributed by atoms with van der Waals surface area (Å²) in [6.07, 6.45) is 3.18. The van der Waals surface area contributed by atoms with Gasteiger partial charge in [-0.25, -0.2) is 0 Å². The van der Waals surface area contributed by atoms with Gasteiger partial charge in [0.25, 0.3) is 0 Å². The van der Waals surface area contributed by atoms with Crippen molar-refractivity contribution in [2.24, 2.45) is 0 Å². The summed E-state index contributed by atoms with van der Waals surface area (Å²) in [6.45, 7) is 0. The lowest BCUT2D eigenvalue weighted by Crippen LogP contribution is -1.75. The summed E-state index contributed by atoms with van der Waals surface area (Å²) in [5.41, 5.74) is 1.96. The van der Waals surface area contributed by atoms with Gasteiger partial charge >= 0.3 is 0 Å². The smallest absolute Gasteiger partial charge is 0.112 e. The third-order valence-corrected chi connectivity index (χ3v) is 1.48. The fourth-order valence-electron chi connectivity index (χ4n) is 0.950. The summed E-state index contributed by atoms with van der Waals surface area (Å²) in [5, 5.41) is 10.2. The third kappa shape index (κ3) is 2.56. The molecule has 4 heteroatoms. The molecule has 0 spiro atoms. The first-order chi connectivity index (χ1) is 6.47. The van der Waals surface area contributed by atoms with Gasteiger partial charge in [0.15, 0.2) is 0 Å². The highest BCUT2D eigenvalue weighted by molar-refractivity contribution is 6.15. The molecule has 2 rings (SSSR count). The Hall–Kier alpha value is -1.35. The summed E-state index contributed by atoms with van der Waals surface area (Å²) in [5.74, 6) is 0. The minimum atomic E-state index is 0.880. The Morgan fingerprint density at radius 3 is 2.38 bits per heavy atom. The van der Waals surface area contributed by atoms with Gasteiger partial charge in [0.05, 0.1) is 6.20 Å². The fraction of sp³-hybridized carbons (Fsp3) is 0.111. The zero-order valence-electron chi connectivity index (χ0n) is 7.24. The number of rotatable bonds is 1. The van der Waals surface area contributed by atoms with Crippen molar-refractivity contribution < 1.29 is 0 Å². The topological polar surface area (TPSA) is 41.6 Å². The van der Waals surface area contributed by atoms with Crippen LogP contribution < -0.4 is 0 Å². The first kappa shape index (κ1) is 9.74. The number of benzene rings is 1. The molecule has 0 atom stereocenters. The average Bonchev–Trinajstić information content (AvgIpc) is 2.75. The Morgan fingerprint density at radius 2 is 1.85 bits per heavy atom. The number of nitrogens with one attached hydrogen (secondary N) is 1. The van der Waals surface area contributed by atoms with E-state index in [1.807, 2.05) is 30.3 Å². The highest BCUT2D eigenvalue weighted by atomic mass is 35.5. The molecule has 68 valence electrons. The van der Waals surface area contributed by atoms with Crippen LogP contribution in [0.1, 0.15) is 0 Å². The van der Waals surface area contributed by atoms with Crippen molar-refractivity contribution in [2.75, 3.05) is 6.38 Å². The normalized spacial score (nSPS) is 8.77. The van der Waals surface area contributed by atoms with Crippen LogP contribution >= 0.6 is 11.6 Å². The van der Waals surface area contributed by atoms with Crippen LogP contribution in [-0.2, 0) is 0 Å². The number of alkyl halides is 1. The number of aromatic amines is 1. The predicted octanol–water partition coefficient (Wildman–Crippen LogP) is 2.33. The van der Waals surface area contributed by atoms with Crippen LogP contribution in [0.5, 0.6) is 0 Å². The van der Waals surface area contributed by atoms with E-state index in [2.05, 4.69) is 27.0 Å². The molecule has 0 unspecified atom stereocenters. The van der Waals surface area contributed by atoms with Crippen molar-refractivity contribution in [3.8, 4) is 11.3 Å². The van der Waals surface area contributed by atoms with Crippen LogP contribution in [0.4, 0.5) is 0 Å². The van der Waals surface area contributed by atoms with Gasteiger partial charge in [0.2, 0.25) is 0 Å². The number of aromatic nitrogens is 3. The van der Waals surface area contributed by atoms with E-state index in [1.54, 1.807) is 6.20 Å². The first-order valence-corrected chi connectivity index (χ1v) is 4.51. The van der Waals surface area contributed by atoms with Gasteiger partial charge in [0.1, 0.15) is 5.69 Å². The molecule has 0 radical (unpaired) electrons. The van der Waals surface area contributed by atoms with Gasteiger partial charge in [-0.15, -0.1) is 11.6 Å². The number of hydrogen-bond donors (Lipinski definition) is 1. The van der Waals surface area contributed by atoms with E-state index in [4.69, 9.17) is 0 Å². The van der Waals surface area contributed by atoms with Gasteiger partial charge in [0, 0.05) is 11.9 Å². The van der Waals surface area contributed by atoms with Gasteiger partial charge < -0.3 is 0 Å². The molecular formula is C9H10ClN3. The summed E-state index contributed by atoms with van der Waals surface area (Å²) in [4.78, 5) is 0. The van der Waals surface area contributed by atoms with Crippen molar-refractivity contribution >= 4 is 11.6 Å². The first-order valence-electron chi connectivity index (χ1n) is 3.76. The van der Waals surface area contributed by atoms with E-state index >= 15 is 0 Å². The molecule has 1 heterocycles. The molecule has 0 amide bonds. The Balaban J connectivity index is 0.000000396. The lowest BCUT2D eigenvalue weighted by atomic mass is 10.2. The Kier molecular flexibility index (Phi) is 3.99. The molecular weight excluding hydrogens is 186 g/mol. The highest BCUT2D eigenvalue weighted by Crippen LogP contribution is 2.12. The Labute approximate surface area is 81.7 Å². The third-order valence-electron chi connectivity index (χ3n) is 1.48. The monoisotopic (exact) mass is 195 g/mol. The number of halogens is 1. The van der Waals surface area contributed by atoms with Crippen molar-refractivity contribution in [1.29, 1.82) is 0 Å². The molecule has 0 bridgehead atoms. The SMILES string of the molecule is CCl.c1ccc(-c2cn[nH]n2)cc1. The Morgan fingerprint density at radius 1 is 1.15 bits per heavy atom. The quantitative estimate of drug-likeness (QED) is 0.710. The second-order valence-corrected chi connectivity index (χ2v) is 2.22. The second-order valence-electron chi connectivity index (χ2n) is 2.22. The van der Waals surface area contributed by atoms with E-state index in [1.165, 1.54) is 6.38 Å². The largest absolute Gasteiger partial charge is 0.197 e. The van der Waals surface area contributed by atoms with Crippen molar-refractivity contribution in [2.45, 2.75) is 0 Å². The number of hydrogen-bond acceptors (Lipinski definition) is 2. The van der Waals surface area contributed by atoms with Gasteiger partial charge in [-0.1, -0.05) is 30.3 Å². The molecule has 0 aliphatic heterocycles. The van der Waals surface area contributed by atoms with Crippen LogP contribution in [0.15, 0.2) is 36.5 Å². The van der Waals surface area contributed by atoms with Crippen molar-refractivity contribution in [1.82, 2.24) is 15.4 Å². The summed E-state index contributed by atoms with van der Waals surface area (Å²) in [6, 6.07) is 9.92. The molecule has 0 saturated carbocycles. The van der Waals surface area contributed by atoms with Crippen LogP contribution in [0.3, 0.4) is 0 Å². The highest BCUT2D eigenvalue weighted by Gasteiger charge is 1.96. The van der Waals surface area contributed by atoms with E-state index in [9.17, 15) is 0 Å². The van der Waals surface area contributed by atoms with Crippen LogP contribution in [0.2, 0.25) is 0 Å². The molecule has 1 aromatic heterocycles. The minimum absolute atomic E-state index is 0.880. The zero-order chi connectivity index (χ0) is 9.52. The summed E-state index contributed by atoms with van der Waals surface area (Å²) < 4.78 is 0. The van der Waals surface area contributed by atoms with Gasteiger partial charge in [-0.05, 0) is 0 Å². The molecule has 0 fully saturated rings. The minimum Gasteiger partial charge on any atom is -0.197 e. The van der Waals surface area contributed by atoms with E-state index in [0.29, 0.717) is 0 Å². The van der Waals surface area contributed by atoms with Crippen LogP contribution in [-0.4, -0.2) is 21.8 Å². The standard InChI is InChI=1S/C8H7N3.CH3Cl/c1-2-4-7(5-3-1)8-6-9-11-10-8;1-2/h1-6H,(H,9,10,11);1H3. The fourth-order valence-corrected chi connectivity index (χ4v) is 0.950. The van der Waals surface area contributed by atoms with E-state index in [-0.39, 0.29) is 0 Å². The molecule has 3 nitrogen and oxygen atoms in total. The molecule has 2 aromatic rings.